The minimum atomic E-state index is -3.84. The third-order valence-corrected chi connectivity index (χ3v) is 5.73. The van der Waals surface area contributed by atoms with Gasteiger partial charge in [0.2, 0.25) is 15.9 Å². The molecule has 170 valence electrons. The van der Waals surface area contributed by atoms with E-state index in [4.69, 9.17) is 9.88 Å². The third-order valence-electron chi connectivity index (χ3n) is 4.82. The molecule has 0 atom stereocenters. The van der Waals surface area contributed by atoms with Gasteiger partial charge in [-0.2, -0.15) is 0 Å². The van der Waals surface area contributed by atoms with E-state index in [-0.39, 0.29) is 17.2 Å². The number of imidazole rings is 1. The van der Waals surface area contributed by atoms with Crippen molar-refractivity contribution in [1.82, 2.24) is 20.4 Å². The number of fused-ring (bicyclic) bond motifs is 1. The van der Waals surface area contributed by atoms with Crippen LogP contribution >= 0.6 is 0 Å². The molecule has 0 spiro atoms. The summed E-state index contributed by atoms with van der Waals surface area (Å²) in [6.07, 6.45) is 1.22. The number of nitrogens with one attached hydrogen (secondary N) is 2. The highest BCUT2D eigenvalue weighted by atomic mass is 32.2. The number of carbonyl (C=O) groups is 2. The van der Waals surface area contributed by atoms with Gasteiger partial charge in [0.15, 0.2) is 0 Å². The Balaban J connectivity index is 1.65. The molecule has 11 heteroatoms. The Morgan fingerprint density at radius 1 is 1.12 bits per heavy atom. The van der Waals surface area contributed by atoms with Crippen LogP contribution in [-0.2, 0) is 27.8 Å². The molecule has 0 aliphatic carbocycles. The average Bonchev–Trinajstić information content (AvgIpc) is 3.12. The summed E-state index contributed by atoms with van der Waals surface area (Å²) in [5.74, 6) is 0.434. The topological polar surface area (TPSA) is 145 Å². The number of ether oxygens (including phenoxy) is 1. The molecule has 3 aromatic rings. The highest BCUT2D eigenvalue weighted by Gasteiger charge is 2.16. The highest BCUT2D eigenvalue weighted by Crippen LogP contribution is 2.21. The van der Waals surface area contributed by atoms with Gasteiger partial charge in [-0.15, -0.1) is 0 Å². The number of nitrogens with two attached hydrogens (primary N) is 1. The first kappa shape index (κ1) is 23.2. The van der Waals surface area contributed by atoms with Gasteiger partial charge in [0.1, 0.15) is 11.6 Å². The summed E-state index contributed by atoms with van der Waals surface area (Å²) in [6, 6.07) is 11.0. The minimum absolute atomic E-state index is 0.0170. The summed E-state index contributed by atoms with van der Waals surface area (Å²) >= 11 is 0. The van der Waals surface area contributed by atoms with E-state index in [9.17, 15) is 18.0 Å². The average molecular weight is 460 g/mol. The van der Waals surface area contributed by atoms with Gasteiger partial charge >= 0.3 is 0 Å². The predicted octanol–water partition coefficient (Wildman–Crippen LogP) is 1.50. The molecular weight excluding hydrogens is 434 g/mol. The van der Waals surface area contributed by atoms with Crippen LogP contribution in [-0.4, -0.2) is 36.9 Å². The fourth-order valence-electron chi connectivity index (χ4n) is 3.23. The minimum Gasteiger partial charge on any atom is -0.497 e. The molecule has 0 aliphatic rings. The van der Waals surface area contributed by atoms with Crippen molar-refractivity contribution in [2.45, 2.75) is 37.6 Å². The van der Waals surface area contributed by atoms with E-state index in [0.717, 1.165) is 11.9 Å². The zero-order valence-corrected chi connectivity index (χ0v) is 18.6. The Bertz CT molecular complexity index is 1240. The van der Waals surface area contributed by atoms with Gasteiger partial charge in [0.25, 0.3) is 5.91 Å². The Kier molecular flexibility index (Phi) is 7.11. The molecule has 0 bridgehead atoms. The molecule has 0 saturated heterocycles. The lowest BCUT2D eigenvalue weighted by molar-refractivity contribution is -0.121. The standard InChI is InChI=1S/C21H25N5O5S/c1-3-12-26-18-9-8-16(32(22,29)30)13-17(18)23-19(26)10-11-20(27)24-25-21(28)14-4-6-15(31-2)7-5-14/h4-9,13H,3,10-12H2,1-2H3,(H,24,27)(H,25,28)(H2,22,29,30). The molecular formula is C21H25N5O5S. The highest BCUT2D eigenvalue weighted by molar-refractivity contribution is 7.89. The monoisotopic (exact) mass is 459 g/mol. The molecule has 1 aromatic heterocycles. The second-order valence-corrected chi connectivity index (χ2v) is 8.67. The second-order valence-electron chi connectivity index (χ2n) is 7.11. The number of aromatic nitrogens is 2. The van der Waals surface area contributed by atoms with Crippen molar-refractivity contribution >= 4 is 32.9 Å². The van der Waals surface area contributed by atoms with Crippen LogP contribution < -0.4 is 20.7 Å². The maximum atomic E-state index is 12.2. The van der Waals surface area contributed by atoms with E-state index in [1.807, 2.05) is 11.5 Å². The van der Waals surface area contributed by atoms with Crippen LogP contribution in [0.5, 0.6) is 5.75 Å². The second kappa shape index (κ2) is 9.79. The Hall–Kier alpha value is -3.44. The molecule has 0 radical (unpaired) electrons. The summed E-state index contributed by atoms with van der Waals surface area (Å²) in [4.78, 5) is 28.9. The number of nitrogens with zero attached hydrogens (tertiary/aromatic N) is 2. The Morgan fingerprint density at radius 2 is 1.84 bits per heavy atom. The van der Waals surface area contributed by atoms with Crippen LogP contribution in [0, 0.1) is 0 Å². The largest absolute Gasteiger partial charge is 0.497 e. The molecule has 0 unspecified atom stereocenters. The quantitative estimate of drug-likeness (QED) is 0.435. The number of amides is 2. The molecule has 0 aliphatic heterocycles. The molecule has 0 fully saturated rings. The van der Waals surface area contributed by atoms with E-state index in [1.54, 1.807) is 30.3 Å². The van der Waals surface area contributed by atoms with Gasteiger partial charge in [0, 0.05) is 24.9 Å². The maximum absolute atomic E-state index is 12.2. The van der Waals surface area contributed by atoms with Gasteiger partial charge in [-0.1, -0.05) is 6.92 Å². The first-order valence-corrected chi connectivity index (χ1v) is 11.5. The van der Waals surface area contributed by atoms with Gasteiger partial charge < -0.3 is 9.30 Å². The summed E-state index contributed by atoms with van der Waals surface area (Å²) in [5, 5.41) is 5.21. The van der Waals surface area contributed by atoms with Crippen molar-refractivity contribution in [3.05, 3.63) is 53.9 Å². The van der Waals surface area contributed by atoms with Crippen molar-refractivity contribution in [2.75, 3.05) is 7.11 Å². The lowest BCUT2D eigenvalue weighted by Gasteiger charge is -2.09. The van der Waals surface area contributed by atoms with E-state index in [2.05, 4.69) is 15.8 Å². The predicted molar refractivity (Wildman–Crippen MR) is 118 cm³/mol. The number of benzene rings is 2. The van der Waals surface area contributed by atoms with Crippen LogP contribution in [0.1, 0.15) is 35.9 Å². The summed E-state index contributed by atoms with van der Waals surface area (Å²) < 4.78 is 30.2. The van der Waals surface area contributed by atoms with E-state index in [1.165, 1.54) is 19.2 Å². The molecule has 2 amide bonds. The summed E-state index contributed by atoms with van der Waals surface area (Å²) in [6.45, 7) is 2.67. The maximum Gasteiger partial charge on any atom is 0.269 e. The zero-order valence-electron chi connectivity index (χ0n) is 17.8. The number of aryl methyl sites for hydroxylation is 2. The normalized spacial score (nSPS) is 11.3. The number of hydrazine groups is 1. The smallest absolute Gasteiger partial charge is 0.269 e. The van der Waals surface area contributed by atoms with Gasteiger partial charge in [0.05, 0.1) is 23.0 Å². The Morgan fingerprint density at radius 3 is 2.47 bits per heavy atom. The number of methoxy groups -OCH3 is 1. The number of sulfonamides is 1. The summed E-state index contributed by atoms with van der Waals surface area (Å²) in [7, 11) is -2.31. The first-order valence-electron chi connectivity index (χ1n) is 9.98. The molecule has 10 nitrogen and oxygen atoms in total. The molecule has 2 aromatic carbocycles. The van der Waals surface area contributed by atoms with Crippen LogP contribution in [0.3, 0.4) is 0 Å². The van der Waals surface area contributed by atoms with Crippen molar-refractivity contribution in [3.8, 4) is 5.75 Å². The fraction of sp³-hybridized carbons (Fsp3) is 0.286. The molecule has 0 saturated carbocycles. The van der Waals surface area contributed by atoms with Gasteiger partial charge in [-0.25, -0.2) is 18.5 Å². The molecule has 3 rings (SSSR count). The number of primary sulfonamides is 1. The molecule has 4 N–H and O–H groups in total. The van der Waals surface area contributed by atoms with Crippen LogP contribution in [0.15, 0.2) is 47.4 Å². The van der Waals surface area contributed by atoms with Crippen molar-refractivity contribution < 1.29 is 22.7 Å². The lowest BCUT2D eigenvalue weighted by Crippen LogP contribution is -2.41. The first-order chi connectivity index (χ1) is 15.2. The Labute approximate surface area is 185 Å². The zero-order chi connectivity index (χ0) is 23.3. The molecule has 32 heavy (non-hydrogen) atoms. The lowest BCUT2D eigenvalue weighted by atomic mass is 10.2. The van der Waals surface area contributed by atoms with Crippen LogP contribution in [0.25, 0.3) is 11.0 Å². The summed E-state index contributed by atoms with van der Waals surface area (Å²) in [5.41, 5.74) is 6.40. The van der Waals surface area contributed by atoms with Crippen molar-refractivity contribution in [3.63, 3.8) is 0 Å². The van der Waals surface area contributed by atoms with Crippen LogP contribution in [0.2, 0.25) is 0 Å². The number of carbonyl (C=O) groups excluding carboxylic acids is 2. The third kappa shape index (κ3) is 5.42. The van der Waals surface area contributed by atoms with Gasteiger partial charge in [-0.05, 0) is 48.9 Å². The SMILES string of the molecule is CCCn1c(CCC(=O)NNC(=O)c2ccc(OC)cc2)nc2cc(S(N)(=O)=O)ccc21. The number of hydrogen-bond acceptors (Lipinski definition) is 6. The van der Waals surface area contributed by atoms with E-state index >= 15 is 0 Å². The van der Waals surface area contributed by atoms with Gasteiger partial charge in [-0.3, -0.25) is 20.4 Å². The molecule has 1 heterocycles. The van der Waals surface area contributed by atoms with E-state index in [0.29, 0.717) is 35.6 Å². The van der Waals surface area contributed by atoms with Crippen molar-refractivity contribution in [2.24, 2.45) is 5.14 Å². The van der Waals surface area contributed by atoms with Crippen molar-refractivity contribution in [1.29, 1.82) is 0 Å². The number of rotatable bonds is 8. The van der Waals surface area contributed by atoms with Crippen LogP contribution in [0.4, 0.5) is 0 Å². The van der Waals surface area contributed by atoms with E-state index < -0.39 is 15.9 Å². The number of hydrogen-bond donors (Lipinski definition) is 3. The fourth-order valence-corrected chi connectivity index (χ4v) is 3.76.